The Balaban J connectivity index is 2.29. The minimum absolute atomic E-state index is 0.0251. The van der Waals surface area contributed by atoms with Gasteiger partial charge < -0.3 is 20.5 Å². The van der Waals surface area contributed by atoms with Crippen LogP contribution in [0.25, 0.3) is 6.08 Å². The average molecular weight is 457 g/mol. The second kappa shape index (κ2) is 12.6. The second-order valence-electron chi connectivity index (χ2n) is 7.26. The number of nitrogens with one attached hydrogen (secondary N) is 2. The average Bonchev–Trinajstić information content (AvgIpc) is 2.77. The molecule has 0 saturated heterocycles. The molecule has 0 aliphatic rings. The van der Waals surface area contributed by atoms with Crippen molar-refractivity contribution in [2.75, 3.05) is 12.0 Å². The van der Waals surface area contributed by atoms with Crippen LogP contribution in [-0.4, -0.2) is 47.0 Å². The molecule has 0 heterocycles. The summed E-state index contributed by atoms with van der Waals surface area (Å²) in [5, 5.41) is 14.6. The molecule has 2 aromatic carbocycles. The number of thioether (sulfide) groups is 1. The Morgan fingerprint density at radius 1 is 1.06 bits per heavy atom. The predicted molar refractivity (Wildman–Crippen MR) is 127 cm³/mol. The standard InChI is InChI=1S/C24H28N2O5S/c1-16(2)31-19-11-9-17(10-12-19)15-21(26-22(27)18-7-5-4-6-8-18)23(28)25-20(24(29)30)13-14-32-3/h4-12,15-16,20H,13-14H2,1-3H3,(H,25,28)(H,26,27)(H,29,30)/t20-/m1/s1. The van der Waals surface area contributed by atoms with Crippen LogP contribution in [0.3, 0.4) is 0 Å². The van der Waals surface area contributed by atoms with Gasteiger partial charge in [0, 0.05) is 5.56 Å². The van der Waals surface area contributed by atoms with Gasteiger partial charge >= 0.3 is 5.97 Å². The number of hydrogen-bond acceptors (Lipinski definition) is 5. The van der Waals surface area contributed by atoms with E-state index in [0.29, 0.717) is 22.6 Å². The fourth-order valence-electron chi connectivity index (χ4n) is 2.75. The van der Waals surface area contributed by atoms with E-state index < -0.39 is 23.8 Å². The molecule has 0 spiro atoms. The van der Waals surface area contributed by atoms with Crippen molar-refractivity contribution in [2.24, 2.45) is 0 Å². The molecule has 3 N–H and O–H groups in total. The number of amides is 2. The van der Waals surface area contributed by atoms with E-state index in [1.54, 1.807) is 54.6 Å². The third-order valence-electron chi connectivity index (χ3n) is 4.31. The molecule has 0 aliphatic heterocycles. The van der Waals surface area contributed by atoms with Gasteiger partial charge in [0.05, 0.1) is 6.10 Å². The van der Waals surface area contributed by atoms with Crippen LogP contribution in [0.15, 0.2) is 60.3 Å². The molecule has 170 valence electrons. The maximum Gasteiger partial charge on any atom is 0.326 e. The fraction of sp³-hybridized carbons (Fsp3) is 0.292. The molecule has 2 rings (SSSR count). The van der Waals surface area contributed by atoms with E-state index in [2.05, 4.69) is 10.6 Å². The zero-order chi connectivity index (χ0) is 23.5. The number of benzene rings is 2. The minimum atomic E-state index is -1.13. The number of rotatable bonds is 11. The van der Waals surface area contributed by atoms with E-state index in [-0.39, 0.29) is 18.2 Å². The van der Waals surface area contributed by atoms with Gasteiger partial charge in [-0.1, -0.05) is 30.3 Å². The topological polar surface area (TPSA) is 105 Å². The summed E-state index contributed by atoms with van der Waals surface area (Å²) in [5.74, 6) is -1.02. The highest BCUT2D eigenvalue weighted by Gasteiger charge is 2.22. The lowest BCUT2D eigenvalue weighted by atomic mass is 10.1. The molecule has 0 unspecified atom stereocenters. The van der Waals surface area contributed by atoms with Crippen LogP contribution in [0.1, 0.15) is 36.2 Å². The molecule has 8 heteroatoms. The van der Waals surface area contributed by atoms with Crippen molar-refractivity contribution in [3.05, 3.63) is 71.4 Å². The van der Waals surface area contributed by atoms with Crippen molar-refractivity contribution in [1.29, 1.82) is 0 Å². The molecule has 0 fully saturated rings. The van der Waals surface area contributed by atoms with Crippen molar-refractivity contribution < 1.29 is 24.2 Å². The lowest BCUT2D eigenvalue weighted by Gasteiger charge is -2.16. The molecular formula is C24H28N2O5S. The summed E-state index contributed by atoms with van der Waals surface area (Å²) in [6, 6.07) is 14.4. The van der Waals surface area contributed by atoms with Crippen LogP contribution in [0, 0.1) is 0 Å². The van der Waals surface area contributed by atoms with Gasteiger partial charge in [-0.25, -0.2) is 4.79 Å². The molecule has 7 nitrogen and oxygen atoms in total. The highest BCUT2D eigenvalue weighted by atomic mass is 32.2. The number of carbonyl (C=O) groups is 3. The van der Waals surface area contributed by atoms with Crippen LogP contribution < -0.4 is 15.4 Å². The van der Waals surface area contributed by atoms with Crippen molar-refractivity contribution in [2.45, 2.75) is 32.4 Å². The Morgan fingerprint density at radius 2 is 1.72 bits per heavy atom. The Hall–Kier alpha value is -3.26. The molecule has 0 saturated carbocycles. The number of hydrogen-bond donors (Lipinski definition) is 3. The quantitative estimate of drug-likeness (QED) is 0.447. The fourth-order valence-corrected chi connectivity index (χ4v) is 3.22. The zero-order valence-electron chi connectivity index (χ0n) is 18.3. The van der Waals surface area contributed by atoms with Gasteiger partial charge in [-0.15, -0.1) is 0 Å². The molecule has 0 radical (unpaired) electrons. The first kappa shape index (κ1) is 25.0. The van der Waals surface area contributed by atoms with Crippen molar-refractivity contribution in [1.82, 2.24) is 10.6 Å². The number of carbonyl (C=O) groups excluding carboxylic acids is 2. The third-order valence-corrected chi connectivity index (χ3v) is 4.95. The van der Waals surface area contributed by atoms with E-state index in [0.717, 1.165) is 0 Å². The number of carboxylic acids is 1. The smallest absolute Gasteiger partial charge is 0.326 e. The van der Waals surface area contributed by atoms with E-state index in [4.69, 9.17) is 4.74 Å². The summed E-state index contributed by atoms with van der Waals surface area (Å²) < 4.78 is 5.62. The first-order valence-corrected chi connectivity index (χ1v) is 11.6. The lowest BCUT2D eigenvalue weighted by molar-refractivity contribution is -0.141. The summed E-state index contributed by atoms with van der Waals surface area (Å²) >= 11 is 1.49. The van der Waals surface area contributed by atoms with E-state index in [1.807, 2.05) is 20.1 Å². The van der Waals surface area contributed by atoms with E-state index >= 15 is 0 Å². The summed E-state index contributed by atoms with van der Waals surface area (Å²) in [4.78, 5) is 37.1. The van der Waals surface area contributed by atoms with E-state index in [9.17, 15) is 19.5 Å². The highest BCUT2D eigenvalue weighted by Crippen LogP contribution is 2.16. The number of ether oxygens (including phenoxy) is 1. The Labute approximate surface area is 192 Å². The van der Waals surface area contributed by atoms with Gasteiger partial charge in [0.15, 0.2) is 0 Å². The second-order valence-corrected chi connectivity index (χ2v) is 8.25. The van der Waals surface area contributed by atoms with Gasteiger partial charge in [-0.3, -0.25) is 9.59 Å². The molecule has 2 aromatic rings. The van der Waals surface area contributed by atoms with Crippen LogP contribution in [0.4, 0.5) is 0 Å². The predicted octanol–water partition coefficient (Wildman–Crippen LogP) is 3.57. The normalized spacial score (nSPS) is 12.2. The first-order chi connectivity index (χ1) is 15.3. The molecule has 2 amide bonds. The summed E-state index contributed by atoms with van der Waals surface area (Å²) in [5.41, 5.74) is 0.978. The van der Waals surface area contributed by atoms with Gasteiger partial charge in [-0.2, -0.15) is 11.8 Å². The maximum atomic E-state index is 12.9. The summed E-state index contributed by atoms with van der Waals surface area (Å²) in [6.45, 7) is 3.84. The van der Waals surface area contributed by atoms with Crippen LogP contribution in [0.2, 0.25) is 0 Å². The van der Waals surface area contributed by atoms with Crippen molar-refractivity contribution in [3.8, 4) is 5.75 Å². The summed E-state index contributed by atoms with van der Waals surface area (Å²) in [7, 11) is 0. The van der Waals surface area contributed by atoms with Crippen LogP contribution in [-0.2, 0) is 9.59 Å². The number of aliphatic carboxylic acids is 1. The largest absolute Gasteiger partial charge is 0.491 e. The zero-order valence-corrected chi connectivity index (χ0v) is 19.1. The number of carboxylic acid groups (broad SMARTS) is 1. The van der Waals surface area contributed by atoms with Crippen molar-refractivity contribution in [3.63, 3.8) is 0 Å². The Bertz CT molecular complexity index is 943. The van der Waals surface area contributed by atoms with Crippen LogP contribution in [0.5, 0.6) is 5.75 Å². The van der Waals surface area contributed by atoms with Gasteiger partial charge in [0.1, 0.15) is 17.5 Å². The monoisotopic (exact) mass is 456 g/mol. The molecule has 32 heavy (non-hydrogen) atoms. The minimum Gasteiger partial charge on any atom is -0.491 e. The van der Waals surface area contributed by atoms with Gasteiger partial charge in [0.2, 0.25) is 0 Å². The lowest BCUT2D eigenvalue weighted by Crippen LogP contribution is -2.44. The highest BCUT2D eigenvalue weighted by molar-refractivity contribution is 7.98. The molecule has 1 atom stereocenters. The first-order valence-electron chi connectivity index (χ1n) is 10.2. The van der Waals surface area contributed by atoms with Gasteiger partial charge in [-0.05, 0) is 68.2 Å². The third kappa shape index (κ3) is 8.11. The van der Waals surface area contributed by atoms with E-state index in [1.165, 1.54) is 17.8 Å². The Morgan fingerprint density at radius 3 is 2.28 bits per heavy atom. The molecule has 0 aromatic heterocycles. The molecule has 0 aliphatic carbocycles. The van der Waals surface area contributed by atoms with Crippen molar-refractivity contribution >= 4 is 35.6 Å². The van der Waals surface area contributed by atoms with Crippen LogP contribution >= 0.6 is 11.8 Å². The maximum absolute atomic E-state index is 12.9. The summed E-state index contributed by atoms with van der Waals surface area (Å²) in [6.07, 6.45) is 3.66. The molecular weight excluding hydrogens is 428 g/mol. The SMILES string of the molecule is CSCC[C@@H](NC(=O)C(=Cc1ccc(OC(C)C)cc1)NC(=O)c1ccccc1)C(=O)O. The van der Waals surface area contributed by atoms with Gasteiger partial charge in [0.25, 0.3) is 11.8 Å². The Kier molecular flexibility index (Phi) is 9.81. The molecule has 0 bridgehead atoms.